The highest BCUT2D eigenvalue weighted by atomic mass is 35.5. The van der Waals surface area contributed by atoms with Gasteiger partial charge in [-0.1, -0.05) is 12.1 Å². The van der Waals surface area contributed by atoms with Crippen LogP contribution < -0.4 is 5.32 Å². The maximum Gasteiger partial charge on any atom is 0.0847 e. The molecule has 3 nitrogen and oxygen atoms in total. The van der Waals surface area contributed by atoms with Gasteiger partial charge >= 0.3 is 0 Å². The van der Waals surface area contributed by atoms with Crippen molar-refractivity contribution in [2.75, 3.05) is 30.8 Å². The van der Waals surface area contributed by atoms with Crippen LogP contribution in [0.5, 0.6) is 0 Å². The Balaban J connectivity index is 1.81. The molecule has 0 spiro atoms. The molecule has 0 aromatic heterocycles. The zero-order valence-corrected chi connectivity index (χ0v) is 11.4. The monoisotopic (exact) mass is 268 g/mol. The lowest BCUT2D eigenvalue weighted by molar-refractivity contribution is 0.211. The van der Waals surface area contributed by atoms with E-state index in [-0.39, 0.29) is 5.88 Å². The molecular weight excluding hydrogens is 248 g/mol. The van der Waals surface area contributed by atoms with Crippen LogP contribution in [0, 0.1) is 0 Å². The number of aliphatic hydroxyl groups excluding tert-OH is 1. The van der Waals surface area contributed by atoms with Gasteiger partial charge < -0.3 is 10.4 Å². The first-order valence-electron chi connectivity index (χ1n) is 6.57. The van der Waals surface area contributed by atoms with Gasteiger partial charge in [-0.3, -0.25) is 4.90 Å². The Kier molecular flexibility index (Phi) is 5.29. The van der Waals surface area contributed by atoms with E-state index in [1.807, 2.05) is 0 Å². The van der Waals surface area contributed by atoms with Crippen molar-refractivity contribution in [1.29, 1.82) is 0 Å². The summed E-state index contributed by atoms with van der Waals surface area (Å²) in [7, 11) is 0. The average Bonchev–Trinajstić information content (AvgIpc) is 2.90. The molecule has 1 saturated heterocycles. The van der Waals surface area contributed by atoms with Crippen molar-refractivity contribution in [2.45, 2.75) is 25.5 Å². The first-order valence-corrected chi connectivity index (χ1v) is 7.10. The van der Waals surface area contributed by atoms with Crippen LogP contribution in [-0.2, 0) is 6.54 Å². The molecule has 2 N–H and O–H groups in total. The van der Waals surface area contributed by atoms with Crippen LogP contribution in [0.1, 0.15) is 18.4 Å². The molecule has 1 unspecified atom stereocenters. The van der Waals surface area contributed by atoms with Gasteiger partial charge in [-0.05, 0) is 43.6 Å². The van der Waals surface area contributed by atoms with E-state index in [9.17, 15) is 5.11 Å². The maximum absolute atomic E-state index is 9.36. The molecule has 0 bridgehead atoms. The van der Waals surface area contributed by atoms with Crippen molar-refractivity contribution in [2.24, 2.45) is 0 Å². The fraction of sp³-hybridized carbons (Fsp3) is 0.571. The van der Waals surface area contributed by atoms with Gasteiger partial charge in [0.25, 0.3) is 0 Å². The zero-order valence-electron chi connectivity index (χ0n) is 10.6. The van der Waals surface area contributed by atoms with Crippen LogP contribution in [-0.4, -0.2) is 41.6 Å². The molecule has 18 heavy (non-hydrogen) atoms. The summed E-state index contributed by atoms with van der Waals surface area (Å²) in [6.45, 7) is 3.99. The van der Waals surface area contributed by atoms with E-state index in [1.54, 1.807) is 0 Å². The Hall–Kier alpha value is -0.770. The van der Waals surface area contributed by atoms with Gasteiger partial charge in [0.1, 0.15) is 0 Å². The molecule has 1 heterocycles. The SMILES string of the molecule is OC(CCl)CNc1ccc(CN2CCCC2)cc1. The molecule has 0 saturated carbocycles. The fourth-order valence-electron chi connectivity index (χ4n) is 2.22. The van der Waals surface area contributed by atoms with Gasteiger partial charge in [-0.15, -0.1) is 11.6 Å². The van der Waals surface area contributed by atoms with E-state index in [0.717, 1.165) is 12.2 Å². The lowest BCUT2D eigenvalue weighted by atomic mass is 10.2. The Morgan fingerprint density at radius 3 is 2.50 bits per heavy atom. The van der Waals surface area contributed by atoms with Crippen LogP contribution in [0.15, 0.2) is 24.3 Å². The van der Waals surface area contributed by atoms with Crippen molar-refractivity contribution in [1.82, 2.24) is 4.90 Å². The molecule has 1 atom stereocenters. The summed E-state index contributed by atoms with van der Waals surface area (Å²) in [4.78, 5) is 2.49. The number of hydrogen-bond acceptors (Lipinski definition) is 3. The summed E-state index contributed by atoms with van der Waals surface area (Å²) in [5.41, 5.74) is 2.38. The molecule has 1 aliphatic rings. The standard InChI is InChI=1S/C14H21ClN2O/c15-9-14(18)10-16-13-5-3-12(4-6-13)11-17-7-1-2-8-17/h3-6,14,16,18H,1-2,7-11H2. The molecule has 1 fully saturated rings. The number of rotatable bonds is 6. The minimum atomic E-state index is -0.490. The molecule has 0 aliphatic carbocycles. The molecule has 1 aromatic rings. The number of nitrogens with one attached hydrogen (secondary N) is 1. The van der Waals surface area contributed by atoms with Gasteiger partial charge in [-0.2, -0.15) is 0 Å². The predicted molar refractivity (Wildman–Crippen MR) is 76.2 cm³/mol. The van der Waals surface area contributed by atoms with Gasteiger partial charge in [0, 0.05) is 18.8 Å². The lowest BCUT2D eigenvalue weighted by Crippen LogP contribution is -2.21. The van der Waals surface area contributed by atoms with Crippen molar-refractivity contribution in [3.05, 3.63) is 29.8 Å². The molecule has 0 radical (unpaired) electrons. The summed E-state index contributed by atoms with van der Waals surface area (Å²) in [5, 5.41) is 12.5. The van der Waals surface area contributed by atoms with Crippen molar-refractivity contribution < 1.29 is 5.11 Å². The van der Waals surface area contributed by atoms with E-state index in [1.165, 1.54) is 31.5 Å². The van der Waals surface area contributed by atoms with Crippen LogP contribution in [0.2, 0.25) is 0 Å². The van der Waals surface area contributed by atoms with Crippen LogP contribution >= 0.6 is 11.6 Å². The maximum atomic E-state index is 9.36. The largest absolute Gasteiger partial charge is 0.390 e. The normalized spacial score (nSPS) is 17.9. The average molecular weight is 269 g/mol. The molecule has 2 rings (SSSR count). The smallest absolute Gasteiger partial charge is 0.0847 e. The van der Waals surface area contributed by atoms with Gasteiger partial charge in [0.05, 0.1) is 12.0 Å². The van der Waals surface area contributed by atoms with Crippen LogP contribution in [0.25, 0.3) is 0 Å². The van der Waals surface area contributed by atoms with Gasteiger partial charge in [-0.25, -0.2) is 0 Å². The third kappa shape index (κ3) is 4.16. The Morgan fingerprint density at radius 2 is 1.89 bits per heavy atom. The minimum Gasteiger partial charge on any atom is -0.390 e. The van der Waals surface area contributed by atoms with E-state index < -0.39 is 6.10 Å². The highest BCUT2D eigenvalue weighted by Crippen LogP contribution is 2.15. The quantitative estimate of drug-likeness (QED) is 0.777. The number of alkyl halides is 1. The third-order valence-corrected chi connectivity index (χ3v) is 3.63. The topological polar surface area (TPSA) is 35.5 Å². The van der Waals surface area contributed by atoms with E-state index in [2.05, 4.69) is 34.5 Å². The van der Waals surface area contributed by atoms with Crippen molar-refractivity contribution >= 4 is 17.3 Å². The van der Waals surface area contributed by atoms with E-state index in [4.69, 9.17) is 11.6 Å². The number of nitrogens with zero attached hydrogens (tertiary/aromatic N) is 1. The lowest BCUT2D eigenvalue weighted by Gasteiger charge is -2.15. The molecule has 4 heteroatoms. The second-order valence-corrected chi connectivity index (χ2v) is 5.18. The zero-order chi connectivity index (χ0) is 12.8. The summed E-state index contributed by atoms with van der Waals surface area (Å²) < 4.78 is 0. The van der Waals surface area contributed by atoms with E-state index >= 15 is 0 Å². The number of anilines is 1. The Labute approximate surface area is 114 Å². The molecule has 1 aliphatic heterocycles. The number of aliphatic hydroxyl groups is 1. The van der Waals surface area contributed by atoms with Crippen LogP contribution in [0.4, 0.5) is 5.69 Å². The molecule has 1 aromatic carbocycles. The summed E-state index contributed by atoms with van der Waals surface area (Å²) >= 11 is 5.54. The summed E-state index contributed by atoms with van der Waals surface area (Å²) in [6.07, 6.45) is 2.17. The molecular formula is C14H21ClN2O. The number of benzene rings is 1. The van der Waals surface area contributed by atoms with Gasteiger partial charge in [0.2, 0.25) is 0 Å². The second-order valence-electron chi connectivity index (χ2n) is 4.87. The van der Waals surface area contributed by atoms with Crippen molar-refractivity contribution in [3.8, 4) is 0 Å². The highest BCUT2D eigenvalue weighted by Gasteiger charge is 2.11. The number of hydrogen-bond donors (Lipinski definition) is 2. The summed E-state index contributed by atoms with van der Waals surface area (Å²) in [6, 6.07) is 8.42. The van der Waals surface area contributed by atoms with Crippen molar-refractivity contribution in [3.63, 3.8) is 0 Å². The first kappa shape index (κ1) is 13.7. The Morgan fingerprint density at radius 1 is 1.22 bits per heavy atom. The van der Waals surface area contributed by atoms with Gasteiger partial charge in [0.15, 0.2) is 0 Å². The number of likely N-dealkylation sites (tertiary alicyclic amines) is 1. The van der Waals surface area contributed by atoms with E-state index in [0.29, 0.717) is 6.54 Å². The fourth-order valence-corrected chi connectivity index (χ4v) is 2.33. The third-order valence-electron chi connectivity index (χ3n) is 3.28. The number of halogens is 1. The Bertz CT molecular complexity index is 349. The highest BCUT2D eigenvalue weighted by molar-refractivity contribution is 6.18. The molecule has 0 amide bonds. The van der Waals surface area contributed by atoms with Crippen LogP contribution in [0.3, 0.4) is 0 Å². The minimum absolute atomic E-state index is 0.264. The first-order chi connectivity index (χ1) is 8.78. The predicted octanol–water partition coefficient (Wildman–Crippen LogP) is 2.29. The molecule has 100 valence electrons. The summed E-state index contributed by atoms with van der Waals surface area (Å²) in [5.74, 6) is 0.264. The second kappa shape index (κ2) is 6.98.